The number of hydrogen-bond acceptors (Lipinski definition) is 2. The second-order valence-corrected chi connectivity index (χ2v) is 7.12. The maximum atomic E-state index is 5.85. The van der Waals surface area contributed by atoms with Crippen molar-refractivity contribution in [3.63, 3.8) is 0 Å². The molecule has 0 radical (unpaired) electrons. The summed E-state index contributed by atoms with van der Waals surface area (Å²) in [5.74, 6) is 6.46. The lowest BCUT2D eigenvalue weighted by atomic mass is 9.78. The van der Waals surface area contributed by atoms with E-state index in [1.807, 2.05) is 0 Å². The second-order valence-electron chi connectivity index (χ2n) is 5.88. The summed E-state index contributed by atoms with van der Waals surface area (Å²) in [7, 11) is 0. The lowest BCUT2D eigenvalue weighted by Gasteiger charge is -2.31. The van der Waals surface area contributed by atoms with Gasteiger partial charge in [0, 0.05) is 9.61 Å². The molecule has 3 heteroatoms. The number of hydrazine groups is 1. The Balaban J connectivity index is 1.71. The molecule has 0 aromatic heterocycles. The average molecular weight is 392 g/mol. The van der Waals surface area contributed by atoms with Gasteiger partial charge in [0.05, 0.1) is 0 Å². The topological polar surface area (TPSA) is 38.0 Å². The van der Waals surface area contributed by atoms with Crippen molar-refractivity contribution >= 4 is 22.6 Å². The first kappa shape index (κ1) is 15.0. The number of aryl methyl sites for hydroxylation is 1. The fourth-order valence-electron chi connectivity index (χ4n) is 3.31. The second kappa shape index (κ2) is 6.90. The Morgan fingerprint density at radius 1 is 1.10 bits per heavy atom. The van der Waals surface area contributed by atoms with Crippen LogP contribution in [0.15, 0.2) is 48.5 Å². The predicted molar refractivity (Wildman–Crippen MR) is 95.9 cm³/mol. The van der Waals surface area contributed by atoms with Crippen LogP contribution in [0.2, 0.25) is 0 Å². The Morgan fingerprint density at radius 3 is 2.52 bits per heavy atom. The van der Waals surface area contributed by atoms with E-state index < -0.39 is 0 Å². The average Bonchev–Trinajstić information content (AvgIpc) is 2.54. The largest absolute Gasteiger partial charge is 0.271 e. The molecule has 3 N–H and O–H groups in total. The summed E-state index contributed by atoms with van der Waals surface area (Å²) in [6.45, 7) is 0. The van der Waals surface area contributed by atoms with Crippen LogP contribution in [0.25, 0.3) is 0 Å². The molecule has 1 aliphatic rings. The Hall–Kier alpha value is -0.910. The highest BCUT2D eigenvalue weighted by molar-refractivity contribution is 14.1. The van der Waals surface area contributed by atoms with E-state index in [0.717, 1.165) is 12.8 Å². The minimum atomic E-state index is 0.346. The van der Waals surface area contributed by atoms with Gasteiger partial charge in [-0.1, -0.05) is 36.4 Å². The van der Waals surface area contributed by atoms with Crippen LogP contribution in [0.1, 0.15) is 23.1 Å². The Labute approximate surface area is 140 Å². The summed E-state index contributed by atoms with van der Waals surface area (Å²) in [4.78, 5) is 0. The van der Waals surface area contributed by atoms with Crippen LogP contribution < -0.4 is 11.3 Å². The van der Waals surface area contributed by atoms with Gasteiger partial charge >= 0.3 is 0 Å². The monoisotopic (exact) mass is 392 g/mol. The molecule has 0 fully saturated rings. The lowest BCUT2D eigenvalue weighted by Crippen LogP contribution is -2.44. The van der Waals surface area contributed by atoms with E-state index in [1.165, 1.54) is 33.1 Å². The molecule has 2 nitrogen and oxygen atoms in total. The third kappa shape index (κ3) is 3.65. The van der Waals surface area contributed by atoms with Gasteiger partial charge < -0.3 is 0 Å². The zero-order valence-electron chi connectivity index (χ0n) is 12.1. The summed E-state index contributed by atoms with van der Waals surface area (Å²) in [6.07, 6.45) is 4.53. The van der Waals surface area contributed by atoms with Gasteiger partial charge in [-0.2, -0.15) is 0 Å². The van der Waals surface area contributed by atoms with Crippen molar-refractivity contribution in [3.8, 4) is 0 Å². The quantitative estimate of drug-likeness (QED) is 0.475. The van der Waals surface area contributed by atoms with E-state index in [0.29, 0.717) is 12.0 Å². The molecule has 2 aromatic carbocycles. The molecule has 2 atom stereocenters. The highest BCUT2D eigenvalue weighted by Gasteiger charge is 2.25. The highest BCUT2D eigenvalue weighted by atomic mass is 127. The van der Waals surface area contributed by atoms with Crippen LogP contribution in [0.5, 0.6) is 0 Å². The SMILES string of the molecule is NNC(Cc1ccc(I)cc1)C1CCc2ccccc2C1. The van der Waals surface area contributed by atoms with Gasteiger partial charge in [-0.25, -0.2) is 0 Å². The zero-order valence-corrected chi connectivity index (χ0v) is 14.2. The van der Waals surface area contributed by atoms with Gasteiger partial charge in [0.25, 0.3) is 0 Å². The standard InChI is InChI=1S/C18H21IN2/c19-17-9-5-13(6-10-17)11-18(21-20)16-8-7-14-3-1-2-4-15(14)12-16/h1-6,9-10,16,18,21H,7-8,11-12,20H2. The highest BCUT2D eigenvalue weighted by Crippen LogP contribution is 2.28. The smallest absolute Gasteiger partial charge is 0.0282 e. The molecule has 21 heavy (non-hydrogen) atoms. The fraction of sp³-hybridized carbons (Fsp3) is 0.333. The summed E-state index contributed by atoms with van der Waals surface area (Å²) in [5.41, 5.74) is 7.43. The van der Waals surface area contributed by atoms with Gasteiger partial charge in [-0.05, 0) is 83.0 Å². The molecule has 2 aromatic rings. The van der Waals surface area contributed by atoms with E-state index in [9.17, 15) is 0 Å². The van der Waals surface area contributed by atoms with Crippen LogP contribution in [0.4, 0.5) is 0 Å². The minimum Gasteiger partial charge on any atom is -0.271 e. The molecular formula is C18H21IN2. The molecule has 0 aliphatic heterocycles. The van der Waals surface area contributed by atoms with Crippen LogP contribution in [-0.2, 0) is 19.3 Å². The minimum absolute atomic E-state index is 0.346. The zero-order chi connectivity index (χ0) is 14.7. The van der Waals surface area contributed by atoms with Crippen molar-refractivity contribution in [2.45, 2.75) is 31.7 Å². The van der Waals surface area contributed by atoms with Crippen LogP contribution in [0, 0.1) is 9.49 Å². The Kier molecular flexibility index (Phi) is 4.93. The lowest BCUT2D eigenvalue weighted by molar-refractivity contribution is 0.321. The van der Waals surface area contributed by atoms with E-state index in [1.54, 1.807) is 0 Å². The number of halogens is 1. The van der Waals surface area contributed by atoms with Crippen molar-refractivity contribution in [1.82, 2.24) is 5.43 Å². The first-order chi connectivity index (χ1) is 10.3. The van der Waals surface area contributed by atoms with E-state index >= 15 is 0 Å². The van der Waals surface area contributed by atoms with E-state index in [2.05, 4.69) is 76.5 Å². The summed E-state index contributed by atoms with van der Waals surface area (Å²) >= 11 is 2.34. The number of nitrogens with one attached hydrogen (secondary N) is 1. The summed E-state index contributed by atoms with van der Waals surface area (Å²) < 4.78 is 1.28. The predicted octanol–water partition coefficient (Wildman–Crippen LogP) is 3.47. The molecular weight excluding hydrogens is 371 g/mol. The third-order valence-electron chi connectivity index (χ3n) is 4.54. The maximum Gasteiger partial charge on any atom is 0.0282 e. The van der Waals surface area contributed by atoms with Crippen molar-refractivity contribution in [2.75, 3.05) is 0 Å². The Bertz CT molecular complexity index is 594. The normalized spacial score (nSPS) is 19.0. The third-order valence-corrected chi connectivity index (χ3v) is 5.26. The molecule has 0 saturated carbocycles. The number of hydrogen-bond donors (Lipinski definition) is 2. The van der Waals surface area contributed by atoms with Gasteiger partial charge in [0.2, 0.25) is 0 Å². The first-order valence-electron chi connectivity index (χ1n) is 7.53. The summed E-state index contributed by atoms with van der Waals surface area (Å²) in [5, 5.41) is 0. The van der Waals surface area contributed by atoms with E-state index in [-0.39, 0.29) is 0 Å². The van der Waals surface area contributed by atoms with Gasteiger partial charge in [0.1, 0.15) is 0 Å². The molecule has 0 amide bonds. The first-order valence-corrected chi connectivity index (χ1v) is 8.61. The van der Waals surface area contributed by atoms with Crippen molar-refractivity contribution in [3.05, 3.63) is 68.8 Å². The van der Waals surface area contributed by atoms with Crippen molar-refractivity contribution in [2.24, 2.45) is 11.8 Å². The molecule has 2 unspecified atom stereocenters. The number of rotatable bonds is 4. The number of fused-ring (bicyclic) bond motifs is 1. The summed E-state index contributed by atoms with van der Waals surface area (Å²) in [6, 6.07) is 17.9. The van der Waals surface area contributed by atoms with Crippen molar-refractivity contribution in [1.29, 1.82) is 0 Å². The molecule has 3 rings (SSSR count). The molecule has 1 aliphatic carbocycles. The Morgan fingerprint density at radius 2 is 1.81 bits per heavy atom. The van der Waals surface area contributed by atoms with Crippen LogP contribution in [0.3, 0.4) is 0 Å². The molecule has 110 valence electrons. The maximum absolute atomic E-state index is 5.85. The van der Waals surface area contributed by atoms with Crippen LogP contribution in [-0.4, -0.2) is 6.04 Å². The van der Waals surface area contributed by atoms with E-state index in [4.69, 9.17) is 5.84 Å². The fourth-order valence-corrected chi connectivity index (χ4v) is 3.67. The molecule has 0 bridgehead atoms. The van der Waals surface area contributed by atoms with Gasteiger partial charge in [-0.15, -0.1) is 0 Å². The molecule has 0 heterocycles. The molecule has 0 spiro atoms. The number of benzene rings is 2. The number of nitrogens with two attached hydrogens (primary N) is 1. The van der Waals surface area contributed by atoms with Gasteiger partial charge in [-0.3, -0.25) is 11.3 Å². The molecule has 0 saturated heterocycles. The van der Waals surface area contributed by atoms with Crippen molar-refractivity contribution < 1.29 is 0 Å². The van der Waals surface area contributed by atoms with Crippen LogP contribution >= 0.6 is 22.6 Å². The van der Waals surface area contributed by atoms with Gasteiger partial charge in [0.15, 0.2) is 0 Å².